The Morgan fingerprint density at radius 1 is 1.43 bits per heavy atom. The van der Waals surface area contributed by atoms with E-state index in [0.29, 0.717) is 19.8 Å². The van der Waals surface area contributed by atoms with Gasteiger partial charge in [-0.1, -0.05) is 0 Å². The lowest BCUT2D eigenvalue weighted by molar-refractivity contribution is -0.0407. The van der Waals surface area contributed by atoms with Crippen molar-refractivity contribution in [1.82, 2.24) is 0 Å². The van der Waals surface area contributed by atoms with Gasteiger partial charge >= 0.3 is 0 Å². The predicted octanol–water partition coefficient (Wildman–Crippen LogP) is 0.280. The van der Waals surface area contributed by atoms with Gasteiger partial charge in [0.2, 0.25) is 0 Å². The highest BCUT2D eigenvalue weighted by molar-refractivity contribution is 4.78. The summed E-state index contributed by atoms with van der Waals surface area (Å²) < 4.78 is 10.6. The summed E-state index contributed by atoms with van der Waals surface area (Å²) in [5, 5.41) is 9.43. The molecule has 14 heavy (non-hydrogen) atoms. The highest BCUT2D eigenvalue weighted by Gasteiger charge is 2.22. The Bertz CT molecular complexity index is 154. The first kappa shape index (κ1) is 11.9. The van der Waals surface area contributed by atoms with Crippen LogP contribution in [-0.4, -0.2) is 43.2 Å². The molecule has 84 valence electrons. The highest BCUT2D eigenvalue weighted by atomic mass is 16.5. The van der Waals surface area contributed by atoms with Gasteiger partial charge in [0.05, 0.1) is 19.3 Å². The summed E-state index contributed by atoms with van der Waals surface area (Å²) in [6, 6.07) is 0.282. The summed E-state index contributed by atoms with van der Waals surface area (Å²) in [6.45, 7) is 3.25. The second kappa shape index (κ2) is 6.35. The van der Waals surface area contributed by atoms with Crippen molar-refractivity contribution in [2.24, 2.45) is 5.73 Å². The lowest BCUT2D eigenvalue weighted by Gasteiger charge is -2.15. The van der Waals surface area contributed by atoms with Gasteiger partial charge in [-0.3, -0.25) is 0 Å². The Morgan fingerprint density at radius 3 is 2.79 bits per heavy atom. The third kappa shape index (κ3) is 4.37. The average Bonchev–Trinajstić information content (AvgIpc) is 2.58. The minimum absolute atomic E-state index is 0.237. The lowest BCUT2D eigenvalue weighted by atomic mass is 10.3. The Labute approximate surface area is 85.4 Å². The molecule has 0 spiro atoms. The molecule has 0 aromatic rings. The lowest BCUT2D eigenvalue weighted by Crippen LogP contribution is -2.25. The number of ether oxygens (including phenoxy) is 2. The number of nitrogens with two attached hydrogens (primary N) is 1. The summed E-state index contributed by atoms with van der Waals surface area (Å²) in [5.74, 6) is 0. The minimum Gasteiger partial charge on any atom is -0.388 e. The van der Waals surface area contributed by atoms with Crippen molar-refractivity contribution in [2.75, 3.05) is 19.8 Å². The molecular formula is C10H21NO3. The monoisotopic (exact) mass is 203 g/mol. The molecule has 1 rings (SSSR count). The first-order valence-electron chi connectivity index (χ1n) is 5.35. The third-order valence-corrected chi connectivity index (χ3v) is 2.46. The fourth-order valence-electron chi connectivity index (χ4n) is 1.67. The molecule has 1 fully saturated rings. The molecule has 1 aliphatic carbocycles. The van der Waals surface area contributed by atoms with Crippen molar-refractivity contribution in [3.05, 3.63) is 0 Å². The smallest absolute Gasteiger partial charge is 0.101 e. The van der Waals surface area contributed by atoms with E-state index >= 15 is 0 Å². The molecule has 0 radical (unpaired) electrons. The van der Waals surface area contributed by atoms with E-state index in [1.54, 1.807) is 0 Å². The van der Waals surface area contributed by atoms with Crippen LogP contribution in [0.15, 0.2) is 0 Å². The Morgan fingerprint density at radius 2 is 2.21 bits per heavy atom. The van der Waals surface area contributed by atoms with Crippen LogP contribution in [-0.2, 0) is 9.47 Å². The number of hydrogen-bond acceptors (Lipinski definition) is 4. The molecule has 0 bridgehead atoms. The van der Waals surface area contributed by atoms with Crippen LogP contribution in [0.2, 0.25) is 0 Å². The van der Waals surface area contributed by atoms with Gasteiger partial charge in [0.15, 0.2) is 0 Å². The van der Waals surface area contributed by atoms with E-state index in [2.05, 4.69) is 0 Å². The molecule has 4 heteroatoms. The molecule has 0 aromatic carbocycles. The van der Waals surface area contributed by atoms with Gasteiger partial charge in [0.25, 0.3) is 0 Å². The van der Waals surface area contributed by atoms with Gasteiger partial charge in [-0.2, -0.15) is 0 Å². The fraction of sp³-hybridized carbons (Fsp3) is 1.00. The number of rotatable bonds is 6. The van der Waals surface area contributed by atoms with Crippen molar-refractivity contribution in [2.45, 2.75) is 44.4 Å². The zero-order valence-corrected chi connectivity index (χ0v) is 8.82. The maximum absolute atomic E-state index is 9.43. The largest absolute Gasteiger partial charge is 0.388 e. The van der Waals surface area contributed by atoms with Crippen LogP contribution in [0.1, 0.15) is 26.2 Å². The molecule has 1 aliphatic rings. The van der Waals surface area contributed by atoms with E-state index < -0.39 is 6.10 Å². The molecule has 3 unspecified atom stereocenters. The van der Waals surface area contributed by atoms with Gasteiger partial charge in [0, 0.05) is 12.6 Å². The highest BCUT2D eigenvalue weighted by Crippen LogP contribution is 2.20. The SMILES string of the molecule is CCOCC(O)COC1CCC(N)C1. The van der Waals surface area contributed by atoms with E-state index in [1.165, 1.54) is 0 Å². The van der Waals surface area contributed by atoms with Crippen LogP contribution < -0.4 is 5.73 Å². The van der Waals surface area contributed by atoms with E-state index in [4.69, 9.17) is 15.2 Å². The van der Waals surface area contributed by atoms with Gasteiger partial charge in [-0.15, -0.1) is 0 Å². The first-order chi connectivity index (χ1) is 6.72. The molecule has 0 heterocycles. The molecule has 0 saturated heterocycles. The molecule has 1 saturated carbocycles. The van der Waals surface area contributed by atoms with Crippen LogP contribution >= 0.6 is 0 Å². The quantitative estimate of drug-likeness (QED) is 0.651. The Hall–Kier alpha value is -0.160. The molecule has 3 N–H and O–H groups in total. The summed E-state index contributed by atoms with van der Waals surface area (Å²) in [7, 11) is 0. The van der Waals surface area contributed by atoms with Crippen LogP contribution in [0.3, 0.4) is 0 Å². The fourth-order valence-corrected chi connectivity index (χ4v) is 1.67. The average molecular weight is 203 g/mol. The second-order valence-corrected chi connectivity index (χ2v) is 3.84. The summed E-state index contributed by atoms with van der Waals surface area (Å²) in [4.78, 5) is 0. The van der Waals surface area contributed by atoms with Crippen LogP contribution in [0.25, 0.3) is 0 Å². The van der Waals surface area contributed by atoms with Crippen molar-refractivity contribution >= 4 is 0 Å². The van der Waals surface area contributed by atoms with Crippen molar-refractivity contribution in [3.63, 3.8) is 0 Å². The predicted molar refractivity (Wildman–Crippen MR) is 54.1 cm³/mol. The summed E-state index contributed by atoms with van der Waals surface area (Å²) >= 11 is 0. The maximum atomic E-state index is 9.43. The Balaban J connectivity index is 2.02. The van der Waals surface area contributed by atoms with Crippen LogP contribution in [0.4, 0.5) is 0 Å². The minimum atomic E-state index is -0.508. The van der Waals surface area contributed by atoms with Gasteiger partial charge in [-0.25, -0.2) is 0 Å². The van der Waals surface area contributed by atoms with Gasteiger partial charge in [-0.05, 0) is 26.2 Å². The molecule has 3 atom stereocenters. The molecule has 0 amide bonds. The second-order valence-electron chi connectivity index (χ2n) is 3.84. The van der Waals surface area contributed by atoms with Crippen molar-refractivity contribution in [1.29, 1.82) is 0 Å². The number of hydrogen-bond donors (Lipinski definition) is 2. The van der Waals surface area contributed by atoms with E-state index in [1.807, 2.05) is 6.92 Å². The number of aliphatic hydroxyl groups excluding tert-OH is 1. The van der Waals surface area contributed by atoms with Crippen LogP contribution in [0.5, 0.6) is 0 Å². The van der Waals surface area contributed by atoms with Gasteiger partial charge < -0.3 is 20.3 Å². The van der Waals surface area contributed by atoms with Gasteiger partial charge in [0.1, 0.15) is 6.10 Å². The normalized spacial score (nSPS) is 29.4. The Kier molecular flexibility index (Phi) is 5.40. The zero-order chi connectivity index (χ0) is 10.4. The van der Waals surface area contributed by atoms with E-state index in [-0.39, 0.29) is 12.1 Å². The summed E-state index contributed by atoms with van der Waals surface area (Å²) in [6.07, 6.45) is 2.70. The molecule has 0 aliphatic heterocycles. The first-order valence-corrected chi connectivity index (χ1v) is 5.35. The van der Waals surface area contributed by atoms with E-state index in [9.17, 15) is 5.11 Å². The number of aliphatic hydroxyl groups is 1. The van der Waals surface area contributed by atoms with Crippen LogP contribution in [0, 0.1) is 0 Å². The van der Waals surface area contributed by atoms with E-state index in [0.717, 1.165) is 19.3 Å². The topological polar surface area (TPSA) is 64.7 Å². The van der Waals surface area contributed by atoms with Crippen molar-refractivity contribution < 1.29 is 14.6 Å². The summed E-state index contributed by atoms with van der Waals surface area (Å²) in [5.41, 5.74) is 5.74. The zero-order valence-electron chi connectivity index (χ0n) is 8.82. The van der Waals surface area contributed by atoms with Crippen molar-refractivity contribution in [3.8, 4) is 0 Å². The molecule has 0 aromatic heterocycles. The molecular weight excluding hydrogens is 182 g/mol. The third-order valence-electron chi connectivity index (χ3n) is 2.46. The maximum Gasteiger partial charge on any atom is 0.101 e. The standard InChI is InChI=1S/C10H21NO3/c1-2-13-6-9(12)7-14-10-4-3-8(11)5-10/h8-10,12H,2-7,11H2,1H3. The molecule has 4 nitrogen and oxygen atoms in total.